The van der Waals surface area contributed by atoms with Crippen LogP contribution in [0.2, 0.25) is 0 Å². The Morgan fingerprint density at radius 1 is 0.929 bits per heavy atom. The van der Waals surface area contributed by atoms with Gasteiger partial charge in [0.15, 0.2) is 4.51 Å². The summed E-state index contributed by atoms with van der Waals surface area (Å²) >= 11 is 9.40. The summed E-state index contributed by atoms with van der Waals surface area (Å²) in [5, 5.41) is 0. The van der Waals surface area contributed by atoms with Crippen LogP contribution in [0.1, 0.15) is 27.7 Å². The van der Waals surface area contributed by atoms with Gasteiger partial charge in [0.25, 0.3) is 0 Å². The van der Waals surface area contributed by atoms with E-state index in [9.17, 15) is 0 Å². The van der Waals surface area contributed by atoms with Crippen LogP contribution in [0.5, 0.6) is 0 Å². The van der Waals surface area contributed by atoms with Gasteiger partial charge in [-0.3, -0.25) is 0 Å². The molecule has 0 unspecified atom stereocenters. The third-order valence-corrected chi connectivity index (χ3v) is 5.29. The molecule has 0 atom stereocenters. The van der Waals surface area contributed by atoms with Crippen molar-refractivity contribution in [2.75, 3.05) is 0 Å². The van der Waals surface area contributed by atoms with E-state index in [-0.39, 0.29) is 12.2 Å². The molecule has 2 nitrogen and oxygen atoms in total. The lowest BCUT2D eigenvalue weighted by Gasteiger charge is -2.23. The highest BCUT2D eigenvalue weighted by Crippen LogP contribution is 2.27. The smallest absolute Gasteiger partial charge is 0.377 e. The molecule has 0 N–H and O–H groups in total. The van der Waals surface area contributed by atoms with Crippen LogP contribution in [0.3, 0.4) is 0 Å². The fraction of sp³-hybridized carbons (Fsp3) is 1.00. The van der Waals surface area contributed by atoms with Crippen LogP contribution < -0.4 is 0 Å². The van der Waals surface area contributed by atoms with Crippen LogP contribution in [-0.2, 0) is 8.85 Å². The molecule has 0 aliphatic carbocycles. The second-order valence-electron chi connectivity index (χ2n) is 2.90. The molecule has 0 saturated heterocycles. The van der Waals surface area contributed by atoms with Gasteiger partial charge in [0.2, 0.25) is 0 Å². The number of hydrogen-bond acceptors (Lipinski definition) is 2. The molecule has 0 saturated carbocycles. The molecule has 0 aliphatic rings. The zero-order valence-electron chi connectivity index (χ0n) is 8.69. The van der Waals surface area contributed by atoms with E-state index in [1.54, 1.807) is 0 Å². The predicted molar refractivity (Wildman–Crippen MR) is 103 cm³/mol. The standard InChI is InChI=1S/C6H14I2O2Si.H2I2Si/c1-5(2)9-11(7,8)10-6(3)4;1-3-2/h5-6H,1-4H3;3H2. The van der Waals surface area contributed by atoms with Crippen molar-refractivity contribution in [1.82, 2.24) is 0 Å². The van der Waals surface area contributed by atoms with Crippen molar-refractivity contribution >= 4 is 95.3 Å². The lowest BCUT2D eigenvalue weighted by molar-refractivity contribution is 0.145. The molecule has 0 aliphatic heterocycles. The first kappa shape index (κ1) is 19.6. The summed E-state index contributed by atoms with van der Waals surface area (Å²) in [6, 6.07) is 0. The van der Waals surface area contributed by atoms with Gasteiger partial charge in [-0.05, 0) is 71.3 Å². The fourth-order valence-corrected chi connectivity index (χ4v) is 7.83. The molecule has 14 heavy (non-hydrogen) atoms. The molecule has 0 heterocycles. The maximum absolute atomic E-state index is 5.64. The van der Waals surface area contributed by atoms with E-state index in [0.717, 1.165) is 0 Å². The first-order chi connectivity index (χ1) is 6.25. The molecule has 0 aromatic heterocycles. The maximum atomic E-state index is 5.64. The average molecular weight is 684 g/mol. The lowest BCUT2D eigenvalue weighted by Crippen LogP contribution is -2.33. The zero-order valence-corrected chi connectivity index (χ0v) is 19.7. The molecule has 0 rings (SSSR count). The molecule has 0 bridgehead atoms. The molecule has 88 valence electrons. The van der Waals surface area contributed by atoms with E-state index in [2.05, 4.69) is 87.2 Å². The molecular weight excluding hydrogens is 668 g/mol. The maximum Gasteiger partial charge on any atom is 0.477 e. The van der Waals surface area contributed by atoms with Gasteiger partial charge in [0.1, 0.15) is 0 Å². The average Bonchev–Trinajstić information content (AvgIpc) is 1.80. The normalized spacial score (nSPS) is 11.6. The van der Waals surface area contributed by atoms with Crippen molar-refractivity contribution in [3.63, 3.8) is 0 Å². The number of hydrogen-bond donors (Lipinski definition) is 0. The van der Waals surface area contributed by atoms with E-state index in [4.69, 9.17) is 8.85 Å². The van der Waals surface area contributed by atoms with Gasteiger partial charge in [0.05, 0.1) is 0 Å². The van der Waals surface area contributed by atoms with Crippen molar-refractivity contribution in [2.45, 2.75) is 39.9 Å². The van der Waals surface area contributed by atoms with Crippen LogP contribution in [0.25, 0.3) is 0 Å². The summed E-state index contributed by atoms with van der Waals surface area (Å²) in [6.45, 7) is 8.12. The fourth-order valence-electron chi connectivity index (χ4n) is 0.577. The zero-order chi connectivity index (χ0) is 11.8. The molecule has 0 radical (unpaired) electrons. The SMILES string of the molecule is CC(C)O[Si](I)(I)OC(C)C.I[SiH2]I. The van der Waals surface area contributed by atoms with Crippen LogP contribution >= 0.6 is 87.2 Å². The van der Waals surface area contributed by atoms with E-state index < -0.39 is 3.55 Å². The topological polar surface area (TPSA) is 18.5 Å². The van der Waals surface area contributed by atoms with Crippen molar-refractivity contribution in [2.24, 2.45) is 0 Å². The Morgan fingerprint density at radius 3 is 1.29 bits per heavy atom. The monoisotopic (exact) mass is 684 g/mol. The predicted octanol–water partition coefficient (Wildman–Crippen LogP) is 4.00. The van der Waals surface area contributed by atoms with Crippen LogP contribution in [0.15, 0.2) is 0 Å². The first-order valence-electron chi connectivity index (χ1n) is 4.10. The molecule has 0 aromatic carbocycles. The third-order valence-electron chi connectivity index (χ3n) is 0.746. The van der Waals surface area contributed by atoms with Crippen LogP contribution in [-0.4, -0.2) is 20.3 Å². The summed E-state index contributed by atoms with van der Waals surface area (Å²) in [6.07, 6.45) is 0.517. The summed E-state index contributed by atoms with van der Waals surface area (Å²) in [5.41, 5.74) is 0. The second-order valence-corrected chi connectivity index (χ2v) is 32.5. The van der Waals surface area contributed by atoms with Gasteiger partial charge in [-0.1, -0.05) is 0 Å². The molecule has 8 heteroatoms. The molecular formula is C6H16I4O2Si2. The Hall–Kier alpha value is 3.27. The highest BCUT2D eigenvalue weighted by Gasteiger charge is 2.33. The summed E-state index contributed by atoms with van der Waals surface area (Å²) in [4.78, 5) is 0. The largest absolute Gasteiger partial charge is 0.477 e. The van der Waals surface area contributed by atoms with E-state index >= 15 is 0 Å². The quantitative estimate of drug-likeness (QED) is 0.254. The van der Waals surface area contributed by atoms with Gasteiger partial charge >= 0.3 is 3.55 Å². The Balaban J connectivity index is 0. The minimum Gasteiger partial charge on any atom is -0.377 e. The van der Waals surface area contributed by atoms with E-state index in [1.165, 1.54) is 0 Å². The first-order valence-corrected chi connectivity index (χ1v) is 22.4. The van der Waals surface area contributed by atoms with Gasteiger partial charge in [-0.2, -0.15) is 0 Å². The Kier molecular flexibility index (Phi) is 15.9. The Labute approximate surface area is 141 Å². The van der Waals surface area contributed by atoms with Crippen molar-refractivity contribution in [3.05, 3.63) is 0 Å². The summed E-state index contributed by atoms with van der Waals surface area (Å²) in [7, 11) is 0. The second kappa shape index (κ2) is 11.4. The molecule has 0 aromatic rings. The van der Waals surface area contributed by atoms with Crippen molar-refractivity contribution in [3.8, 4) is 0 Å². The van der Waals surface area contributed by atoms with Crippen LogP contribution in [0.4, 0.5) is 0 Å². The van der Waals surface area contributed by atoms with Crippen LogP contribution in [0, 0.1) is 0 Å². The van der Waals surface area contributed by atoms with Gasteiger partial charge in [-0.15, -0.1) is 43.6 Å². The summed E-state index contributed by atoms with van der Waals surface area (Å²) < 4.78 is 9.74. The highest BCUT2D eigenvalue weighted by atomic mass is 127. The van der Waals surface area contributed by atoms with Gasteiger partial charge in [-0.25, -0.2) is 0 Å². The summed E-state index contributed by atoms with van der Waals surface area (Å²) in [5.74, 6) is 0. The van der Waals surface area contributed by atoms with Gasteiger partial charge < -0.3 is 8.85 Å². The highest BCUT2D eigenvalue weighted by molar-refractivity contribution is 14.3. The molecule has 0 amide bonds. The van der Waals surface area contributed by atoms with E-state index in [0.29, 0.717) is 4.51 Å². The van der Waals surface area contributed by atoms with Gasteiger partial charge in [0, 0.05) is 12.2 Å². The minimum atomic E-state index is -1.89. The van der Waals surface area contributed by atoms with Crippen molar-refractivity contribution < 1.29 is 8.85 Å². The van der Waals surface area contributed by atoms with Crippen molar-refractivity contribution in [1.29, 1.82) is 0 Å². The minimum absolute atomic E-state index is 0.259. The Morgan fingerprint density at radius 2 is 1.14 bits per heavy atom. The lowest BCUT2D eigenvalue weighted by atomic mass is 10.5. The molecule has 0 fully saturated rings. The van der Waals surface area contributed by atoms with E-state index in [1.807, 2.05) is 27.7 Å². The molecule has 0 spiro atoms. The number of rotatable bonds is 4. The third kappa shape index (κ3) is 17.7. The Bertz CT molecular complexity index is 123. The number of halogens is 4.